The standard InChI is InChI=1S/C12H21N/c1-9(2)11-5-3-4-10-8-13-7-6-12(10)11/h9,11,13H,3-8H2,1-2H3. The van der Waals surface area contributed by atoms with Gasteiger partial charge >= 0.3 is 0 Å². The van der Waals surface area contributed by atoms with Crippen molar-refractivity contribution in [3.05, 3.63) is 11.1 Å². The SMILES string of the molecule is CC(C)C1CCCC2=C1CCNC2. The normalized spacial score (nSPS) is 29.3. The smallest absolute Gasteiger partial charge is 0.0167 e. The van der Waals surface area contributed by atoms with Gasteiger partial charge in [0.25, 0.3) is 0 Å². The molecule has 0 fully saturated rings. The summed E-state index contributed by atoms with van der Waals surface area (Å²) in [6.07, 6.45) is 5.55. The Labute approximate surface area is 81.6 Å². The molecule has 1 heterocycles. The first-order valence-electron chi connectivity index (χ1n) is 5.70. The van der Waals surface area contributed by atoms with E-state index >= 15 is 0 Å². The second kappa shape index (κ2) is 3.83. The van der Waals surface area contributed by atoms with Crippen molar-refractivity contribution < 1.29 is 0 Å². The molecule has 1 nitrogen and oxygen atoms in total. The molecule has 0 bridgehead atoms. The number of hydrogen-bond acceptors (Lipinski definition) is 1. The molecule has 0 radical (unpaired) electrons. The van der Waals surface area contributed by atoms with Crippen LogP contribution in [0.3, 0.4) is 0 Å². The molecule has 1 aliphatic heterocycles. The highest BCUT2D eigenvalue weighted by atomic mass is 14.9. The van der Waals surface area contributed by atoms with Gasteiger partial charge in [-0.3, -0.25) is 0 Å². The van der Waals surface area contributed by atoms with Gasteiger partial charge in [-0.1, -0.05) is 25.0 Å². The first-order chi connectivity index (χ1) is 6.29. The number of rotatable bonds is 1. The van der Waals surface area contributed by atoms with Gasteiger partial charge in [0.15, 0.2) is 0 Å². The third-order valence-electron chi connectivity index (χ3n) is 3.61. The quantitative estimate of drug-likeness (QED) is 0.610. The highest BCUT2D eigenvalue weighted by Gasteiger charge is 2.26. The van der Waals surface area contributed by atoms with E-state index in [1.54, 1.807) is 5.57 Å². The van der Waals surface area contributed by atoms with E-state index in [4.69, 9.17) is 0 Å². The zero-order chi connectivity index (χ0) is 9.26. The van der Waals surface area contributed by atoms with Gasteiger partial charge in [-0.2, -0.15) is 0 Å². The van der Waals surface area contributed by atoms with Crippen molar-refractivity contribution in [2.24, 2.45) is 11.8 Å². The molecule has 1 N–H and O–H groups in total. The van der Waals surface area contributed by atoms with Gasteiger partial charge in [-0.15, -0.1) is 0 Å². The van der Waals surface area contributed by atoms with Gasteiger partial charge in [0.1, 0.15) is 0 Å². The Morgan fingerprint density at radius 3 is 2.92 bits per heavy atom. The third kappa shape index (κ3) is 1.80. The molecular formula is C12H21N. The fraction of sp³-hybridized carbons (Fsp3) is 0.833. The van der Waals surface area contributed by atoms with Crippen molar-refractivity contribution in [1.82, 2.24) is 5.32 Å². The van der Waals surface area contributed by atoms with Crippen molar-refractivity contribution in [1.29, 1.82) is 0 Å². The molecule has 1 unspecified atom stereocenters. The average molecular weight is 179 g/mol. The minimum atomic E-state index is 0.850. The highest BCUT2D eigenvalue weighted by Crippen LogP contribution is 2.37. The van der Waals surface area contributed by atoms with Crippen LogP contribution in [0.5, 0.6) is 0 Å². The summed E-state index contributed by atoms with van der Waals surface area (Å²) in [5.74, 6) is 1.76. The monoisotopic (exact) mass is 179 g/mol. The van der Waals surface area contributed by atoms with Crippen LogP contribution < -0.4 is 5.32 Å². The van der Waals surface area contributed by atoms with Crippen LogP contribution in [0.25, 0.3) is 0 Å². The summed E-state index contributed by atoms with van der Waals surface area (Å²) in [6, 6.07) is 0. The van der Waals surface area contributed by atoms with Crippen LogP contribution in [-0.4, -0.2) is 13.1 Å². The third-order valence-corrected chi connectivity index (χ3v) is 3.61. The van der Waals surface area contributed by atoms with Gasteiger partial charge in [0.2, 0.25) is 0 Å². The lowest BCUT2D eigenvalue weighted by molar-refractivity contribution is 0.359. The zero-order valence-corrected chi connectivity index (χ0v) is 8.90. The zero-order valence-electron chi connectivity index (χ0n) is 8.90. The van der Waals surface area contributed by atoms with Crippen LogP contribution in [-0.2, 0) is 0 Å². The molecule has 0 spiro atoms. The predicted octanol–water partition coefficient (Wildman–Crippen LogP) is 2.73. The van der Waals surface area contributed by atoms with E-state index in [0.29, 0.717) is 0 Å². The molecule has 1 heteroatoms. The lowest BCUT2D eigenvalue weighted by atomic mass is 9.74. The first-order valence-corrected chi connectivity index (χ1v) is 5.70. The molecule has 0 saturated carbocycles. The molecule has 74 valence electrons. The number of nitrogens with one attached hydrogen (secondary N) is 1. The van der Waals surface area contributed by atoms with Gasteiger partial charge in [-0.05, 0) is 44.1 Å². The fourth-order valence-electron chi connectivity index (χ4n) is 2.89. The molecule has 0 aromatic heterocycles. The van der Waals surface area contributed by atoms with E-state index in [0.717, 1.165) is 11.8 Å². The Morgan fingerprint density at radius 2 is 2.15 bits per heavy atom. The van der Waals surface area contributed by atoms with Crippen LogP contribution in [0.4, 0.5) is 0 Å². The van der Waals surface area contributed by atoms with E-state index in [1.165, 1.54) is 38.8 Å². The molecule has 1 aliphatic carbocycles. The van der Waals surface area contributed by atoms with Crippen LogP contribution in [0, 0.1) is 11.8 Å². The largest absolute Gasteiger partial charge is 0.313 e. The summed E-state index contributed by atoms with van der Waals surface area (Å²) in [5, 5.41) is 3.49. The van der Waals surface area contributed by atoms with Gasteiger partial charge in [-0.25, -0.2) is 0 Å². The fourth-order valence-corrected chi connectivity index (χ4v) is 2.89. The lowest BCUT2D eigenvalue weighted by Gasteiger charge is -2.34. The van der Waals surface area contributed by atoms with E-state index in [2.05, 4.69) is 19.2 Å². The minimum Gasteiger partial charge on any atom is -0.313 e. The number of hydrogen-bond donors (Lipinski definition) is 1. The first kappa shape index (κ1) is 9.26. The maximum atomic E-state index is 3.49. The Morgan fingerprint density at radius 1 is 1.31 bits per heavy atom. The summed E-state index contributed by atoms with van der Waals surface area (Å²) < 4.78 is 0. The van der Waals surface area contributed by atoms with Crippen LogP contribution in [0.15, 0.2) is 11.1 Å². The van der Waals surface area contributed by atoms with Crippen molar-refractivity contribution >= 4 is 0 Å². The molecule has 2 rings (SSSR count). The van der Waals surface area contributed by atoms with Crippen LogP contribution in [0.1, 0.15) is 39.5 Å². The van der Waals surface area contributed by atoms with Crippen molar-refractivity contribution in [3.63, 3.8) is 0 Å². The summed E-state index contributed by atoms with van der Waals surface area (Å²) >= 11 is 0. The van der Waals surface area contributed by atoms with Crippen molar-refractivity contribution in [3.8, 4) is 0 Å². The Balaban J connectivity index is 2.20. The molecule has 1 atom stereocenters. The molecule has 0 aromatic rings. The molecule has 0 amide bonds. The van der Waals surface area contributed by atoms with E-state index in [9.17, 15) is 0 Å². The van der Waals surface area contributed by atoms with Crippen molar-refractivity contribution in [2.45, 2.75) is 39.5 Å². The summed E-state index contributed by atoms with van der Waals surface area (Å²) in [7, 11) is 0. The Bertz CT molecular complexity index is 211. The Kier molecular flexibility index (Phi) is 2.73. The van der Waals surface area contributed by atoms with Gasteiger partial charge < -0.3 is 5.32 Å². The minimum absolute atomic E-state index is 0.850. The van der Waals surface area contributed by atoms with Crippen LogP contribution >= 0.6 is 0 Å². The Hall–Kier alpha value is -0.300. The predicted molar refractivity (Wildman–Crippen MR) is 56.7 cm³/mol. The molecule has 0 saturated heterocycles. The second-order valence-electron chi connectivity index (χ2n) is 4.80. The average Bonchev–Trinajstić information content (AvgIpc) is 2.17. The molecule has 0 aromatic carbocycles. The van der Waals surface area contributed by atoms with Crippen LogP contribution in [0.2, 0.25) is 0 Å². The maximum absolute atomic E-state index is 3.49. The van der Waals surface area contributed by atoms with E-state index in [-0.39, 0.29) is 0 Å². The van der Waals surface area contributed by atoms with Gasteiger partial charge in [0, 0.05) is 6.54 Å². The summed E-state index contributed by atoms with van der Waals surface area (Å²) in [4.78, 5) is 0. The van der Waals surface area contributed by atoms with Crippen molar-refractivity contribution in [2.75, 3.05) is 13.1 Å². The topological polar surface area (TPSA) is 12.0 Å². The highest BCUT2D eigenvalue weighted by molar-refractivity contribution is 5.24. The van der Waals surface area contributed by atoms with Gasteiger partial charge in [0.05, 0.1) is 0 Å². The molecular weight excluding hydrogens is 158 g/mol. The van der Waals surface area contributed by atoms with E-state index < -0.39 is 0 Å². The maximum Gasteiger partial charge on any atom is 0.0167 e. The second-order valence-corrected chi connectivity index (χ2v) is 4.80. The lowest BCUT2D eigenvalue weighted by Crippen LogP contribution is -2.31. The summed E-state index contributed by atoms with van der Waals surface area (Å²) in [6.45, 7) is 7.14. The molecule has 2 aliphatic rings. The summed E-state index contributed by atoms with van der Waals surface area (Å²) in [5.41, 5.74) is 3.57. The molecule has 13 heavy (non-hydrogen) atoms. The van der Waals surface area contributed by atoms with E-state index in [1.807, 2.05) is 5.57 Å².